The van der Waals surface area contributed by atoms with E-state index in [1.54, 1.807) is 42.4 Å². The van der Waals surface area contributed by atoms with E-state index in [1.807, 2.05) is 35.0 Å². The fourth-order valence-corrected chi connectivity index (χ4v) is 3.76. The summed E-state index contributed by atoms with van der Waals surface area (Å²) in [6.07, 6.45) is 5.40. The minimum atomic E-state index is -0.348. The maximum absolute atomic E-state index is 14.6. The predicted octanol–water partition coefficient (Wildman–Crippen LogP) is 3.98. The summed E-state index contributed by atoms with van der Waals surface area (Å²) >= 11 is 1.50. The molecule has 0 aliphatic heterocycles. The first-order chi connectivity index (χ1) is 14.7. The molecule has 0 aliphatic rings. The van der Waals surface area contributed by atoms with E-state index in [9.17, 15) is 4.39 Å². The Hall–Kier alpha value is -3.33. The number of aromatic nitrogens is 5. The van der Waals surface area contributed by atoms with E-state index in [0.717, 1.165) is 18.0 Å². The number of nitrogens with zero attached hydrogens (tertiary/aromatic N) is 5. The van der Waals surface area contributed by atoms with Crippen molar-refractivity contribution in [2.45, 2.75) is 18.3 Å². The summed E-state index contributed by atoms with van der Waals surface area (Å²) in [6.45, 7) is 0.905. The van der Waals surface area contributed by atoms with Crippen molar-refractivity contribution in [3.8, 4) is 17.2 Å². The average Bonchev–Trinajstić information content (AvgIpc) is 3.43. The number of rotatable bonds is 9. The van der Waals surface area contributed by atoms with Crippen LogP contribution in [0.3, 0.4) is 0 Å². The van der Waals surface area contributed by atoms with Crippen molar-refractivity contribution >= 4 is 11.8 Å². The molecule has 0 saturated carbocycles. The van der Waals surface area contributed by atoms with Crippen molar-refractivity contribution in [3.63, 3.8) is 0 Å². The van der Waals surface area contributed by atoms with Crippen LogP contribution in [0.2, 0.25) is 0 Å². The van der Waals surface area contributed by atoms with Crippen LogP contribution in [0.5, 0.6) is 11.5 Å². The zero-order chi connectivity index (χ0) is 20.8. The highest BCUT2D eigenvalue weighted by molar-refractivity contribution is 7.99. The second kappa shape index (κ2) is 9.45. The molecule has 7 nitrogen and oxygen atoms in total. The SMILES string of the molecule is COc1ccc(OCc2nnc(SCCn3ccnc3)n2-c2ccccc2F)cc1. The van der Waals surface area contributed by atoms with E-state index in [2.05, 4.69) is 15.2 Å². The number of benzene rings is 2. The molecule has 4 aromatic rings. The Balaban J connectivity index is 1.54. The van der Waals surface area contributed by atoms with E-state index in [-0.39, 0.29) is 12.4 Å². The van der Waals surface area contributed by atoms with Crippen molar-refractivity contribution in [2.24, 2.45) is 0 Å². The number of hydrogen-bond acceptors (Lipinski definition) is 6. The largest absolute Gasteiger partial charge is 0.497 e. The molecule has 0 fully saturated rings. The highest BCUT2D eigenvalue weighted by Crippen LogP contribution is 2.25. The van der Waals surface area contributed by atoms with Crippen LogP contribution in [-0.4, -0.2) is 37.2 Å². The maximum atomic E-state index is 14.6. The van der Waals surface area contributed by atoms with E-state index in [0.29, 0.717) is 22.4 Å². The molecule has 2 aromatic heterocycles. The molecule has 154 valence electrons. The number of ether oxygens (including phenoxy) is 2. The molecule has 0 aliphatic carbocycles. The average molecular weight is 425 g/mol. The van der Waals surface area contributed by atoms with Gasteiger partial charge in [0.05, 0.1) is 19.1 Å². The smallest absolute Gasteiger partial charge is 0.196 e. The highest BCUT2D eigenvalue weighted by atomic mass is 32.2. The molecule has 9 heteroatoms. The first-order valence-corrected chi connectivity index (χ1v) is 10.3. The van der Waals surface area contributed by atoms with E-state index < -0.39 is 0 Å². The summed E-state index contributed by atoms with van der Waals surface area (Å²) in [7, 11) is 1.61. The van der Waals surface area contributed by atoms with Crippen molar-refractivity contribution in [2.75, 3.05) is 12.9 Å². The summed E-state index contributed by atoms with van der Waals surface area (Å²) < 4.78 is 29.2. The molecule has 30 heavy (non-hydrogen) atoms. The van der Waals surface area contributed by atoms with Gasteiger partial charge in [0.25, 0.3) is 0 Å². The molecule has 0 spiro atoms. The minimum Gasteiger partial charge on any atom is -0.497 e. The van der Waals surface area contributed by atoms with Crippen molar-refractivity contribution < 1.29 is 13.9 Å². The summed E-state index contributed by atoms with van der Waals surface area (Å²) in [5.74, 6) is 2.31. The number of aryl methyl sites for hydroxylation is 1. The van der Waals surface area contributed by atoms with Crippen LogP contribution >= 0.6 is 11.8 Å². The molecule has 2 aromatic carbocycles. The lowest BCUT2D eigenvalue weighted by atomic mass is 10.3. The van der Waals surface area contributed by atoms with Crippen LogP contribution in [0.25, 0.3) is 5.69 Å². The standard InChI is InChI=1S/C21H20FN5O2S/c1-28-16-6-8-17(9-7-16)29-14-20-24-25-21(30-13-12-26-11-10-23-15-26)27(20)19-5-3-2-4-18(19)22/h2-11,15H,12-14H2,1H3. The molecular formula is C21H20FN5O2S. The zero-order valence-corrected chi connectivity index (χ0v) is 17.1. The Kier molecular flexibility index (Phi) is 6.29. The molecule has 0 amide bonds. The van der Waals surface area contributed by atoms with Gasteiger partial charge < -0.3 is 14.0 Å². The molecule has 4 rings (SSSR count). The maximum Gasteiger partial charge on any atom is 0.196 e. The van der Waals surface area contributed by atoms with Gasteiger partial charge in [-0.3, -0.25) is 4.57 Å². The highest BCUT2D eigenvalue weighted by Gasteiger charge is 2.17. The predicted molar refractivity (Wildman–Crippen MR) is 112 cm³/mol. The number of para-hydroxylation sites is 1. The van der Waals surface area contributed by atoms with E-state index in [4.69, 9.17) is 9.47 Å². The fraction of sp³-hybridized carbons (Fsp3) is 0.190. The van der Waals surface area contributed by atoms with Crippen LogP contribution in [-0.2, 0) is 13.2 Å². The van der Waals surface area contributed by atoms with E-state index in [1.165, 1.54) is 17.8 Å². The Morgan fingerprint density at radius 1 is 1.03 bits per heavy atom. The topological polar surface area (TPSA) is 67.0 Å². The zero-order valence-electron chi connectivity index (χ0n) is 16.3. The molecule has 2 heterocycles. The van der Waals surface area contributed by atoms with Gasteiger partial charge in [0.1, 0.15) is 23.9 Å². The van der Waals surface area contributed by atoms with Gasteiger partial charge in [-0.25, -0.2) is 9.37 Å². The molecule has 0 unspecified atom stereocenters. The lowest BCUT2D eigenvalue weighted by Gasteiger charge is -2.12. The molecule has 0 radical (unpaired) electrons. The summed E-state index contributed by atoms with van der Waals surface area (Å²) in [6, 6.07) is 13.8. The van der Waals surface area contributed by atoms with Crippen LogP contribution in [0, 0.1) is 5.82 Å². The molecule has 0 bridgehead atoms. The minimum absolute atomic E-state index is 0.149. The summed E-state index contributed by atoms with van der Waals surface area (Å²) in [5.41, 5.74) is 0.390. The summed E-state index contributed by atoms with van der Waals surface area (Å²) in [4.78, 5) is 4.04. The van der Waals surface area contributed by atoms with Gasteiger partial charge >= 0.3 is 0 Å². The molecule has 0 saturated heterocycles. The Bertz CT molecular complexity index is 1080. The Labute approximate surface area is 177 Å². The van der Waals surface area contributed by atoms with Crippen LogP contribution < -0.4 is 9.47 Å². The van der Waals surface area contributed by atoms with Crippen molar-refractivity contribution in [3.05, 3.63) is 78.9 Å². The molecular weight excluding hydrogens is 405 g/mol. The van der Waals surface area contributed by atoms with Gasteiger partial charge in [0, 0.05) is 24.7 Å². The lowest BCUT2D eigenvalue weighted by Crippen LogP contribution is -2.08. The number of hydrogen-bond donors (Lipinski definition) is 0. The first-order valence-electron chi connectivity index (χ1n) is 9.29. The van der Waals surface area contributed by atoms with Gasteiger partial charge in [-0.1, -0.05) is 23.9 Å². The monoisotopic (exact) mass is 425 g/mol. The Morgan fingerprint density at radius 2 is 1.83 bits per heavy atom. The third-order valence-electron chi connectivity index (χ3n) is 4.36. The van der Waals surface area contributed by atoms with Gasteiger partial charge in [-0.2, -0.15) is 0 Å². The Morgan fingerprint density at radius 3 is 2.57 bits per heavy atom. The van der Waals surface area contributed by atoms with Crippen molar-refractivity contribution in [1.29, 1.82) is 0 Å². The van der Waals surface area contributed by atoms with Crippen molar-refractivity contribution in [1.82, 2.24) is 24.3 Å². The van der Waals surface area contributed by atoms with Gasteiger partial charge in [-0.15, -0.1) is 10.2 Å². The van der Waals surface area contributed by atoms with Crippen LogP contribution in [0.1, 0.15) is 5.82 Å². The molecule has 0 atom stereocenters. The third kappa shape index (κ3) is 4.62. The first kappa shape index (κ1) is 20.0. The number of halogens is 1. The van der Waals surface area contributed by atoms with Gasteiger partial charge in [0.2, 0.25) is 0 Å². The molecule has 0 N–H and O–H groups in total. The fourth-order valence-electron chi connectivity index (χ4n) is 2.84. The number of thioether (sulfide) groups is 1. The second-order valence-corrected chi connectivity index (χ2v) is 7.36. The number of methoxy groups -OCH3 is 1. The van der Waals surface area contributed by atoms with Gasteiger partial charge in [-0.05, 0) is 36.4 Å². The van der Waals surface area contributed by atoms with Gasteiger partial charge in [0.15, 0.2) is 11.0 Å². The summed E-state index contributed by atoms with van der Waals surface area (Å²) in [5, 5.41) is 9.14. The van der Waals surface area contributed by atoms with Crippen LogP contribution in [0.4, 0.5) is 4.39 Å². The lowest BCUT2D eigenvalue weighted by molar-refractivity contribution is 0.292. The third-order valence-corrected chi connectivity index (χ3v) is 5.27. The van der Waals surface area contributed by atoms with E-state index >= 15 is 0 Å². The van der Waals surface area contributed by atoms with Crippen LogP contribution in [0.15, 0.2) is 72.4 Å². The number of imidazole rings is 1. The normalized spacial score (nSPS) is 10.9. The second-order valence-electron chi connectivity index (χ2n) is 6.30. The quantitative estimate of drug-likeness (QED) is 0.378.